The Bertz CT molecular complexity index is 535. The molecule has 2 fully saturated rings. The second-order valence-corrected chi connectivity index (χ2v) is 5.98. The van der Waals surface area contributed by atoms with Crippen LogP contribution in [0.15, 0.2) is 18.3 Å². The zero-order chi connectivity index (χ0) is 15.4. The van der Waals surface area contributed by atoms with E-state index in [9.17, 15) is 9.59 Å². The number of amides is 2. The molecule has 0 spiro atoms. The molecular weight excluding hydrogens is 280 g/mol. The van der Waals surface area contributed by atoms with Gasteiger partial charge in [0.2, 0.25) is 6.41 Å². The molecule has 22 heavy (non-hydrogen) atoms. The van der Waals surface area contributed by atoms with Gasteiger partial charge in [0.1, 0.15) is 5.69 Å². The molecule has 1 saturated carbocycles. The Balaban J connectivity index is 1.64. The van der Waals surface area contributed by atoms with E-state index in [0.29, 0.717) is 11.7 Å². The van der Waals surface area contributed by atoms with Gasteiger partial charge in [-0.2, -0.15) is 0 Å². The van der Waals surface area contributed by atoms with Gasteiger partial charge in [-0.3, -0.25) is 14.6 Å². The van der Waals surface area contributed by atoms with Crippen molar-refractivity contribution in [3.8, 4) is 0 Å². The molecule has 118 valence electrons. The Morgan fingerprint density at radius 2 is 1.95 bits per heavy atom. The number of carbonyl (C=O) groups is 2. The van der Waals surface area contributed by atoms with Crippen molar-refractivity contribution in [2.75, 3.05) is 31.1 Å². The average molecular weight is 302 g/mol. The third-order valence-corrected chi connectivity index (χ3v) is 4.50. The summed E-state index contributed by atoms with van der Waals surface area (Å²) in [4.78, 5) is 31.2. The minimum atomic E-state index is -0.0831. The molecule has 0 bridgehead atoms. The summed E-state index contributed by atoms with van der Waals surface area (Å²) in [5.41, 5.74) is 1.47. The number of hydrogen-bond acceptors (Lipinski definition) is 4. The normalized spacial score (nSPS) is 19.3. The summed E-state index contributed by atoms with van der Waals surface area (Å²) in [7, 11) is 0. The van der Waals surface area contributed by atoms with Crippen LogP contribution in [0.1, 0.15) is 36.2 Å². The zero-order valence-electron chi connectivity index (χ0n) is 12.7. The largest absolute Gasteiger partial charge is 0.368 e. The fourth-order valence-corrected chi connectivity index (χ4v) is 3.16. The van der Waals surface area contributed by atoms with E-state index in [0.717, 1.165) is 51.1 Å². The number of carbonyl (C=O) groups excluding carboxylic acids is 2. The first kappa shape index (κ1) is 14.8. The first-order valence-electron chi connectivity index (χ1n) is 7.97. The summed E-state index contributed by atoms with van der Waals surface area (Å²) >= 11 is 0. The lowest BCUT2D eigenvalue weighted by atomic mass is 10.2. The van der Waals surface area contributed by atoms with Gasteiger partial charge in [0.25, 0.3) is 5.91 Å². The van der Waals surface area contributed by atoms with Gasteiger partial charge in [0, 0.05) is 44.1 Å². The molecule has 0 aromatic carbocycles. The fourth-order valence-electron chi connectivity index (χ4n) is 3.16. The first-order chi connectivity index (χ1) is 10.8. The third kappa shape index (κ3) is 3.37. The van der Waals surface area contributed by atoms with Gasteiger partial charge in [0.05, 0.1) is 0 Å². The predicted octanol–water partition coefficient (Wildman–Crippen LogP) is 1.03. The molecule has 2 aliphatic rings. The molecule has 1 aromatic rings. The number of nitrogens with zero attached hydrogens (tertiary/aromatic N) is 3. The number of pyridine rings is 1. The molecule has 1 aromatic heterocycles. The highest BCUT2D eigenvalue weighted by atomic mass is 16.2. The molecule has 6 nitrogen and oxygen atoms in total. The van der Waals surface area contributed by atoms with Gasteiger partial charge in [-0.15, -0.1) is 0 Å². The molecule has 3 rings (SSSR count). The molecule has 1 saturated heterocycles. The maximum absolute atomic E-state index is 12.3. The Morgan fingerprint density at radius 1 is 1.23 bits per heavy atom. The van der Waals surface area contributed by atoms with E-state index in [-0.39, 0.29) is 5.91 Å². The van der Waals surface area contributed by atoms with Crippen LogP contribution in [-0.4, -0.2) is 54.4 Å². The molecule has 0 atom stereocenters. The van der Waals surface area contributed by atoms with Crippen LogP contribution in [0.25, 0.3) is 0 Å². The van der Waals surface area contributed by atoms with Gasteiger partial charge >= 0.3 is 0 Å². The van der Waals surface area contributed by atoms with Crippen LogP contribution in [0, 0.1) is 0 Å². The number of rotatable bonds is 4. The van der Waals surface area contributed by atoms with Crippen LogP contribution in [0.2, 0.25) is 0 Å². The van der Waals surface area contributed by atoms with E-state index in [2.05, 4.69) is 15.2 Å². The number of anilines is 1. The van der Waals surface area contributed by atoms with Crippen molar-refractivity contribution < 1.29 is 9.59 Å². The maximum Gasteiger partial charge on any atom is 0.270 e. The summed E-state index contributed by atoms with van der Waals surface area (Å²) in [5.74, 6) is -0.0831. The second kappa shape index (κ2) is 6.77. The number of aromatic nitrogens is 1. The van der Waals surface area contributed by atoms with Crippen LogP contribution in [0.5, 0.6) is 0 Å². The molecule has 1 aliphatic carbocycles. The van der Waals surface area contributed by atoms with Crippen LogP contribution >= 0.6 is 0 Å². The van der Waals surface area contributed by atoms with E-state index in [4.69, 9.17) is 0 Å². The molecule has 6 heteroatoms. The monoisotopic (exact) mass is 302 g/mol. The maximum atomic E-state index is 12.3. The van der Waals surface area contributed by atoms with Crippen LogP contribution < -0.4 is 10.2 Å². The lowest BCUT2D eigenvalue weighted by molar-refractivity contribution is -0.118. The molecule has 1 aliphatic heterocycles. The van der Waals surface area contributed by atoms with Crippen molar-refractivity contribution in [3.63, 3.8) is 0 Å². The quantitative estimate of drug-likeness (QED) is 0.844. The molecule has 1 N–H and O–H groups in total. The Hall–Kier alpha value is -2.11. The third-order valence-electron chi connectivity index (χ3n) is 4.50. The van der Waals surface area contributed by atoms with Gasteiger partial charge in [0.15, 0.2) is 0 Å². The Labute approximate surface area is 130 Å². The smallest absolute Gasteiger partial charge is 0.270 e. The zero-order valence-corrected chi connectivity index (χ0v) is 12.7. The van der Waals surface area contributed by atoms with Gasteiger partial charge in [-0.1, -0.05) is 12.8 Å². The van der Waals surface area contributed by atoms with E-state index in [1.54, 1.807) is 11.1 Å². The van der Waals surface area contributed by atoms with Crippen molar-refractivity contribution in [2.24, 2.45) is 0 Å². The number of hydrogen-bond donors (Lipinski definition) is 1. The topological polar surface area (TPSA) is 65.5 Å². The fraction of sp³-hybridized carbons (Fsp3) is 0.562. The number of piperazine rings is 1. The van der Waals surface area contributed by atoms with Gasteiger partial charge in [-0.05, 0) is 25.0 Å². The summed E-state index contributed by atoms with van der Waals surface area (Å²) in [6.07, 6.45) is 7.10. The van der Waals surface area contributed by atoms with Crippen LogP contribution in [0.3, 0.4) is 0 Å². The minimum absolute atomic E-state index is 0.0831. The van der Waals surface area contributed by atoms with E-state index >= 15 is 0 Å². The molecular formula is C16H22N4O2. The SMILES string of the molecule is O=CN1CCN(c2ccnc(C(=O)NC3CCCC3)c2)CC1. The van der Waals surface area contributed by atoms with Crippen LogP contribution in [-0.2, 0) is 4.79 Å². The highest BCUT2D eigenvalue weighted by molar-refractivity contribution is 5.93. The highest BCUT2D eigenvalue weighted by Crippen LogP contribution is 2.19. The minimum Gasteiger partial charge on any atom is -0.368 e. The van der Waals surface area contributed by atoms with E-state index in [1.165, 1.54) is 12.8 Å². The average Bonchev–Trinajstić information content (AvgIpc) is 3.08. The van der Waals surface area contributed by atoms with Crippen molar-refractivity contribution in [3.05, 3.63) is 24.0 Å². The standard InChI is InChI=1S/C16H22N4O2/c21-12-19-7-9-20(10-8-19)14-5-6-17-15(11-14)16(22)18-13-3-1-2-4-13/h5-6,11-13H,1-4,7-10H2,(H,18,22). The summed E-state index contributed by atoms with van der Waals surface area (Å²) in [6, 6.07) is 4.07. The van der Waals surface area contributed by atoms with Gasteiger partial charge < -0.3 is 15.1 Å². The predicted molar refractivity (Wildman–Crippen MR) is 83.8 cm³/mol. The van der Waals surface area contributed by atoms with E-state index < -0.39 is 0 Å². The van der Waals surface area contributed by atoms with E-state index in [1.807, 2.05) is 12.1 Å². The number of nitrogens with one attached hydrogen (secondary N) is 1. The van der Waals surface area contributed by atoms with Crippen molar-refractivity contribution in [1.82, 2.24) is 15.2 Å². The van der Waals surface area contributed by atoms with Crippen molar-refractivity contribution in [1.29, 1.82) is 0 Å². The van der Waals surface area contributed by atoms with Gasteiger partial charge in [-0.25, -0.2) is 0 Å². The Morgan fingerprint density at radius 3 is 2.64 bits per heavy atom. The Kier molecular flexibility index (Phi) is 4.56. The van der Waals surface area contributed by atoms with Crippen molar-refractivity contribution >= 4 is 18.0 Å². The first-order valence-corrected chi connectivity index (χ1v) is 7.97. The van der Waals surface area contributed by atoms with Crippen molar-refractivity contribution in [2.45, 2.75) is 31.7 Å². The lowest BCUT2D eigenvalue weighted by Crippen LogP contribution is -2.45. The molecule has 0 unspecified atom stereocenters. The molecule has 2 heterocycles. The summed E-state index contributed by atoms with van der Waals surface area (Å²) in [6.45, 7) is 3.00. The highest BCUT2D eigenvalue weighted by Gasteiger charge is 2.20. The lowest BCUT2D eigenvalue weighted by Gasteiger charge is -2.34. The van der Waals surface area contributed by atoms with Crippen LogP contribution in [0.4, 0.5) is 5.69 Å². The summed E-state index contributed by atoms with van der Waals surface area (Å²) < 4.78 is 0. The summed E-state index contributed by atoms with van der Waals surface area (Å²) in [5, 5.41) is 3.07. The second-order valence-electron chi connectivity index (χ2n) is 5.98. The molecule has 0 radical (unpaired) electrons. The molecule has 2 amide bonds.